The number of rotatable bonds is 4. The van der Waals surface area contributed by atoms with Gasteiger partial charge in [-0.2, -0.15) is 0 Å². The molecule has 3 N–H and O–H groups in total. The molecule has 0 atom stereocenters. The van der Waals surface area contributed by atoms with Crippen molar-refractivity contribution in [3.8, 4) is 0 Å². The average molecular weight is 247 g/mol. The molecule has 0 aromatic carbocycles. The summed E-state index contributed by atoms with van der Waals surface area (Å²) in [5, 5.41) is 4.83. The van der Waals surface area contributed by atoms with Gasteiger partial charge >= 0.3 is 0 Å². The van der Waals surface area contributed by atoms with Gasteiger partial charge in [0.25, 0.3) is 5.91 Å². The Labute approximate surface area is 103 Å². The molecule has 2 aromatic rings. The van der Waals surface area contributed by atoms with Gasteiger partial charge in [-0.1, -0.05) is 6.07 Å². The lowest BCUT2D eigenvalue weighted by Gasteiger charge is -2.05. The summed E-state index contributed by atoms with van der Waals surface area (Å²) in [6.45, 7) is 0.593. The van der Waals surface area contributed by atoms with Crippen molar-refractivity contribution in [3.05, 3.63) is 46.4 Å². The highest BCUT2D eigenvalue weighted by Crippen LogP contribution is 2.09. The van der Waals surface area contributed by atoms with Gasteiger partial charge in [-0.05, 0) is 30.0 Å². The first kappa shape index (κ1) is 11.6. The van der Waals surface area contributed by atoms with Crippen LogP contribution < -0.4 is 11.1 Å². The zero-order chi connectivity index (χ0) is 12.1. The number of thiophene rings is 1. The molecule has 0 aliphatic heterocycles. The van der Waals surface area contributed by atoms with E-state index in [1.54, 1.807) is 29.7 Å². The van der Waals surface area contributed by atoms with Crippen molar-refractivity contribution in [2.24, 2.45) is 0 Å². The van der Waals surface area contributed by atoms with Crippen molar-refractivity contribution in [1.82, 2.24) is 10.3 Å². The van der Waals surface area contributed by atoms with Gasteiger partial charge in [0.05, 0.1) is 5.69 Å². The number of nitrogens with zero attached hydrogens (tertiary/aromatic N) is 1. The standard InChI is InChI=1S/C12H13N3OS/c13-10-4-1-6-14-11(10)12(16)15-7-5-9-3-2-8-17-9/h1-4,6,8H,5,7,13H2,(H,15,16). The van der Waals surface area contributed by atoms with Crippen LogP contribution in [0.15, 0.2) is 35.8 Å². The van der Waals surface area contributed by atoms with E-state index in [0.717, 1.165) is 6.42 Å². The molecule has 4 nitrogen and oxygen atoms in total. The van der Waals surface area contributed by atoms with Gasteiger partial charge in [0.1, 0.15) is 0 Å². The predicted octanol–water partition coefficient (Wildman–Crippen LogP) is 1.70. The van der Waals surface area contributed by atoms with Crippen LogP contribution in [0.1, 0.15) is 15.4 Å². The van der Waals surface area contributed by atoms with Crippen molar-refractivity contribution in [3.63, 3.8) is 0 Å². The lowest BCUT2D eigenvalue weighted by molar-refractivity contribution is 0.0950. The smallest absolute Gasteiger partial charge is 0.272 e. The number of carbonyl (C=O) groups is 1. The average Bonchev–Trinajstić information content (AvgIpc) is 2.82. The van der Waals surface area contributed by atoms with Crippen LogP contribution in [0.4, 0.5) is 5.69 Å². The molecule has 2 aromatic heterocycles. The Morgan fingerprint density at radius 1 is 1.41 bits per heavy atom. The summed E-state index contributed by atoms with van der Waals surface area (Å²) < 4.78 is 0. The Morgan fingerprint density at radius 2 is 2.29 bits per heavy atom. The Hall–Kier alpha value is -1.88. The van der Waals surface area contributed by atoms with Gasteiger partial charge < -0.3 is 11.1 Å². The fourth-order valence-corrected chi connectivity index (χ4v) is 2.15. The number of amides is 1. The third kappa shape index (κ3) is 3.04. The minimum atomic E-state index is -0.223. The maximum Gasteiger partial charge on any atom is 0.272 e. The fraction of sp³-hybridized carbons (Fsp3) is 0.167. The number of hydrogen-bond donors (Lipinski definition) is 2. The SMILES string of the molecule is Nc1cccnc1C(=O)NCCc1cccs1. The van der Waals surface area contributed by atoms with Gasteiger partial charge in [0.15, 0.2) is 5.69 Å². The molecular formula is C12H13N3OS. The van der Waals surface area contributed by atoms with Gasteiger partial charge in [-0.25, -0.2) is 4.98 Å². The molecule has 0 spiro atoms. The Balaban J connectivity index is 1.88. The summed E-state index contributed by atoms with van der Waals surface area (Å²) in [6.07, 6.45) is 2.39. The first-order chi connectivity index (χ1) is 8.27. The molecular weight excluding hydrogens is 234 g/mol. The highest BCUT2D eigenvalue weighted by molar-refractivity contribution is 7.09. The highest BCUT2D eigenvalue weighted by Gasteiger charge is 2.09. The Morgan fingerprint density at radius 3 is 3.00 bits per heavy atom. The zero-order valence-corrected chi connectivity index (χ0v) is 10.0. The molecule has 0 bridgehead atoms. The maximum atomic E-state index is 11.7. The monoisotopic (exact) mass is 247 g/mol. The van der Waals surface area contributed by atoms with Crippen LogP contribution in [0.5, 0.6) is 0 Å². The van der Waals surface area contributed by atoms with Crippen molar-refractivity contribution in [2.75, 3.05) is 12.3 Å². The van der Waals surface area contributed by atoms with Gasteiger partial charge in [-0.15, -0.1) is 11.3 Å². The lowest BCUT2D eigenvalue weighted by Crippen LogP contribution is -2.27. The maximum absolute atomic E-state index is 11.7. The third-order valence-electron chi connectivity index (χ3n) is 2.29. The Kier molecular flexibility index (Phi) is 3.72. The first-order valence-electron chi connectivity index (χ1n) is 5.28. The third-order valence-corrected chi connectivity index (χ3v) is 3.23. The lowest BCUT2D eigenvalue weighted by atomic mass is 10.3. The summed E-state index contributed by atoms with van der Waals surface area (Å²) in [6, 6.07) is 7.42. The molecule has 0 aliphatic rings. The molecule has 0 saturated carbocycles. The number of hydrogen-bond acceptors (Lipinski definition) is 4. The molecule has 0 aliphatic carbocycles. The van der Waals surface area contributed by atoms with Crippen LogP contribution in [-0.2, 0) is 6.42 Å². The van der Waals surface area contributed by atoms with Gasteiger partial charge in [0.2, 0.25) is 0 Å². The van der Waals surface area contributed by atoms with E-state index in [-0.39, 0.29) is 5.91 Å². The Bertz CT molecular complexity index is 496. The number of nitrogens with two attached hydrogens (primary N) is 1. The number of nitrogens with one attached hydrogen (secondary N) is 1. The quantitative estimate of drug-likeness (QED) is 0.864. The predicted molar refractivity (Wildman–Crippen MR) is 69.0 cm³/mol. The van der Waals surface area contributed by atoms with Crippen LogP contribution in [0.25, 0.3) is 0 Å². The van der Waals surface area contributed by atoms with Crippen LogP contribution >= 0.6 is 11.3 Å². The van der Waals surface area contributed by atoms with E-state index in [4.69, 9.17) is 5.73 Å². The van der Waals surface area contributed by atoms with Crippen LogP contribution in [0, 0.1) is 0 Å². The molecule has 0 unspecified atom stereocenters. The van der Waals surface area contributed by atoms with Crippen LogP contribution in [0.2, 0.25) is 0 Å². The molecule has 17 heavy (non-hydrogen) atoms. The first-order valence-corrected chi connectivity index (χ1v) is 6.16. The zero-order valence-electron chi connectivity index (χ0n) is 9.22. The number of anilines is 1. The number of nitrogen functional groups attached to an aromatic ring is 1. The molecule has 0 fully saturated rings. The van der Waals surface area contributed by atoms with Crippen molar-refractivity contribution < 1.29 is 4.79 Å². The van der Waals surface area contributed by atoms with E-state index in [9.17, 15) is 4.79 Å². The summed E-state index contributed by atoms with van der Waals surface area (Å²) >= 11 is 1.68. The van der Waals surface area contributed by atoms with E-state index in [0.29, 0.717) is 17.9 Å². The minimum Gasteiger partial charge on any atom is -0.397 e. The second-order valence-corrected chi connectivity index (χ2v) is 4.56. The number of carbonyl (C=O) groups excluding carboxylic acids is 1. The normalized spacial score (nSPS) is 10.1. The van der Waals surface area contributed by atoms with E-state index in [1.165, 1.54) is 4.88 Å². The summed E-state index contributed by atoms with van der Waals surface area (Å²) in [5.41, 5.74) is 6.36. The van der Waals surface area contributed by atoms with E-state index < -0.39 is 0 Å². The van der Waals surface area contributed by atoms with E-state index in [1.807, 2.05) is 17.5 Å². The van der Waals surface area contributed by atoms with Crippen molar-refractivity contribution in [1.29, 1.82) is 0 Å². The topological polar surface area (TPSA) is 68.0 Å². The second-order valence-electron chi connectivity index (χ2n) is 3.53. The summed E-state index contributed by atoms with van der Waals surface area (Å²) in [5.74, 6) is -0.223. The molecule has 2 rings (SSSR count). The van der Waals surface area contributed by atoms with Crippen LogP contribution in [-0.4, -0.2) is 17.4 Å². The molecule has 5 heteroatoms. The largest absolute Gasteiger partial charge is 0.397 e. The van der Waals surface area contributed by atoms with Crippen molar-refractivity contribution >= 4 is 22.9 Å². The second kappa shape index (κ2) is 5.45. The molecule has 0 radical (unpaired) electrons. The molecule has 88 valence electrons. The molecule has 2 heterocycles. The van der Waals surface area contributed by atoms with Gasteiger partial charge in [0, 0.05) is 17.6 Å². The van der Waals surface area contributed by atoms with Gasteiger partial charge in [-0.3, -0.25) is 4.79 Å². The number of pyridine rings is 1. The van der Waals surface area contributed by atoms with E-state index >= 15 is 0 Å². The van der Waals surface area contributed by atoms with Crippen molar-refractivity contribution in [2.45, 2.75) is 6.42 Å². The highest BCUT2D eigenvalue weighted by atomic mass is 32.1. The van der Waals surface area contributed by atoms with Crippen LogP contribution in [0.3, 0.4) is 0 Å². The molecule has 1 amide bonds. The molecule has 0 saturated heterocycles. The minimum absolute atomic E-state index is 0.223. The summed E-state index contributed by atoms with van der Waals surface area (Å²) in [7, 11) is 0. The number of aromatic nitrogens is 1. The van der Waals surface area contributed by atoms with E-state index in [2.05, 4.69) is 10.3 Å². The summed E-state index contributed by atoms with van der Waals surface area (Å²) in [4.78, 5) is 17.0. The fourth-order valence-electron chi connectivity index (χ4n) is 1.45.